The summed E-state index contributed by atoms with van der Waals surface area (Å²) in [5.41, 5.74) is 7.36. The predicted octanol–water partition coefficient (Wildman–Crippen LogP) is -0.319. The van der Waals surface area contributed by atoms with Crippen molar-refractivity contribution >= 4 is 18.0 Å². The molecule has 3 rings (SSSR count). The molecule has 0 fully saturated rings. The van der Waals surface area contributed by atoms with Crippen LogP contribution in [0.1, 0.15) is 40.7 Å². The fourth-order valence-electron chi connectivity index (χ4n) is 3.31. The maximum atomic E-state index is 12.7. The summed E-state index contributed by atoms with van der Waals surface area (Å²) < 4.78 is 12.3. The van der Waals surface area contributed by atoms with E-state index in [9.17, 15) is 14.4 Å². The zero-order valence-electron chi connectivity index (χ0n) is 19.7. The van der Waals surface area contributed by atoms with E-state index in [1.165, 1.54) is 6.20 Å². The molecule has 2 aromatic carbocycles. The molecule has 2 amide bonds. The molecular weight excluding hydrogens is 575 g/mol. The molecular formula is C26H29IN4O5. The molecule has 0 aliphatic carbocycles. The number of ether oxygens (including phenoxy) is 2. The Morgan fingerprint density at radius 1 is 0.889 bits per heavy atom. The van der Waals surface area contributed by atoms with Crippen LogP contribution in [0.25, 0.3) is 0 Å². The van der Waals surface area contributed by atoms with E-state index in [-0.39, 0.29) is 37.2 Å². The molecule has 0 saturated heterocycles. The van der Waals surface area contributed by atoms with Crippen molar-refractivity contribution in [2.45, 2.75) is 45.1 Å². The van der Waals surface area contributed by atoms with Crippen LogP contribution in [0.3, 0.4) is 0 Å². The van der Waals surface area contributed by atoms with Gasteiger partial charge in [-0.25, -0.2) is 9.59 Å². The maximum absolute atomic E-state index is 12.7. The van der Waals surface area contributed by atoms with Crippen molar-refractivity contribution in [1.82, 2.24) is 10.4 Å². The first-order chi connectivity index (χ1) is 17.0. The van der Waals surface area contributed by atoms with Gasteiger partial charge in [-0.3, -0.25) is 4.79 Å². The molecule has 3 N–H and O–H groups in total. The van der Waals surface area contributed by atoms with Gasteiger partial charge < -0.3 is 44.5 Å². The number of unbranched alkanes of at least 4 members (excludes halogenated alkanes) is 1. The number of primary amides is 1. The van der Waals surface area contributed by atoms with E-state index in [4.69, 9.17) is 15.2 Å². The highest BCUT2D eigenvalue weighted by atomic mass is 127. The fourth-order valence-corrected chi connectivity index (χ4v) is 3.31. The summed E-state index contributed by atoms with van der Waals surface area (Å²) in [6.07, 6.45) is 3.99. The van der Waals surface area contributed by atoms with E-state index in [1.54, 1.807) is 16.9 Å². The van der Waals surface area contributed by atoms with Gasteiger partial charge in [-0.2, -0.15) is 0 Å². The lowest BCUT2D eigenvalue weighted by Gasteiger charge is -2.17. The van der Waals surface area contributed by atoms with Crippen molar-refractivity contribution in [3.63, 3.8) is 0 Å². The third kappa shape index (κ3) is 9.98. The van der Waals surface area contributed by atoms with Gasteiger partial charge in [-0.15, -0.1) is 0 Å². The molecule has 190 valence electrons. The number of amides is 2. The van der Waals surface area contributed by atoms with Crippen LogP contribution in [-0.4, -0.2) is 29.1 Å². The molecule has 0 aliphatic heterocycles. The van der Waals surface area contributed by atoms with Crippen molar-refractivity contribution in [3.8, 4) is 0 Å². The summed E-state index contributed by atoms with van der Waals surface area (Å²) in [6.45, 7) is 0.721. The number of aromatic nitrogens is 2. The van der Waals surface area contributed by atoms with Crippen LogP contribution in [0.5, 0.6) is 0 Å². The minimum atomic E-state index is -0.864. The average molecular weight is 604 g/mol. The van der Waals surface area contributed by atoms with Crippen LogP contribution in [0.15, 0.2) is 79.1 Å². The number of aryl methyl sites for hydroxylation is 1. The molecule has 1 heterocycles. The fraction of sp³-hybridized carbons (Fsp3) is 0.269. The van der Waals surface area contributed by atoms with Crippen molar-refractivity contribution < 1.29 is 52.5 Å². The van der Waals surface area contributed by atoms with E-state index < -0.39 is 24.0 Å². The number of nitrogens with zero attached hydrogens (tertiary/aromatic N) is 2. The first kappa shape index (κ1) is 28.7. The van der Waals surface area contributed by atoms with E-state index in [2.05, 4.69) is 10.4 Å². The second-order valence-electron chi connectivity index (χ2n) is 7.89. The molecule has 1 atom stereocenters. The van der Waals surface area contributed by atoms with Gasteiger partial charge in [0.05, 0.1) is 6.20 Å². The number of rotatable bonds is 12. The molecule has 0 unspecified atom stereocenters. The smallest absolute Gasteiger partial charge is 0.408 e. The summed E-state index contributed by atoms with van der Waals surface area (Å²) in [6, 6.07) is 19.3. The first-order valence-electron chi connectivity index (χ1n) is 11.3. The van der Waals surface area contributed by atoms with Crippen molar-refractivity contribution in [2.75, 3.05) is 0 Å². The van der Waals surface area contributed by atoms with E-state index >= 15 is 0 Å². The summed E-state index contributed by atoms with van der Waals surface area (Å²) in [5.74, 6) is -1.06. The lowest BCUT2D eigenvalue weighted by atomic mass is 10.1. The Bertz CT molecular complexity index is 1120. The van der Waals surface area contributed by atoms with E-state index in [0.29, 0.717) is 31.4 Å². The SMILES string of the molecule is NC(=O)c1ccn[n+](CCCC[C@H](NC(=O)OCc2ccccc2)C(=O)OCc2ccccc2)c1.[I-]. The monoisotopic (exact) mass is 604 g/mol. The minimum Gasteiger partial charge on any atom is -1.00 e. The van der Waals surface area contributed by atoms with Crippen molar-refractivity contribution in [1.29, 1.82) is 0 Å². The second kappa shape index (κ2) is 15.5. The van der Waals surface area contributed by atoms with Crippen molar-refractivity contribution in [2.24, 2.45) is 5.73 Å². The number of alkyl carbamates (subject to hydrolysis) is 1. The largest absolute Gasteiger partial charge is 1.00 e. The van der Waals surface area contributed by atoms with Crippen LogP contribution in [0.2, 0.25) is 0 Å². The summed E-state index contributed by atoms with van der Waals surface area (Å²) >= 11 is 0. The van der Waals surface area contributed by atoms with Gasteiger partial charge in [-0.05, 0) is 35.1 Å². The second-order valence-corrected chi connectivity index (χ2v) is 7.89. The number of halogens is 1. The Morgan fingerprint density at radius 2 is 1.50 bits per heavy atom. The Labute approximate surface area is 227 Å². The molecule has 10 heteroatoms. The van der Waals surface area contributed by atoms with E-state index in [1.807, 2.05) is 60.7 Å². The van der Waals surface area contributed by atoms with Gasteiger partial charge in [0, 0.05) is 6.42 Å². The van der Waals surface area contributed by atoms with Crippen LogP contribution < -0.4 is 39.7 Å². The summed E-state index contributed by atoms with van der Waals surface area (Å²) in [5, 5.41) is 6.79. The lowest BCUT2D eigenvalue weighted by Crippen LogP contribution is -3.00. The van der Waals surface area contributed by atoms with Gasteiger partial charge in [0.1, 0.15) is 24.8 Å². The molecule has 0 radical (unpaired) electrons. The van der Waals surface area contributed by atoms with Crippen LogP contribution in [-0.2, 0) is 34.0 Å². The van der Waals surface area contributed by atoms with Crippen LogP contribution >= 0.6 is 0 Å². The number of carbonyl (C=O) groups is 3. The maximum Gasteiger partial charge on any atom is 0.408 e. The lowest BCUT2D eigenvalue weighted by molar-refractivity contribution is -0.754. The number of hydrogen-bond acceptors (Lipinski definition) is 6. The highest BCUT2D eigenvalue weighted by molar-refractivity contribution is 5.92. The zero-order chi connectivity index (χ0) is 24.9. The number of hydrogen-bond donors (Lipinski definition) is 2. The molecule has 1 aromatic heterocycles. The number of benzene rings is 2. The Morgan fingerprint density at radius 3 is 2.11 bits per heavy atom. The Balaban J connectivity index is 0.00000456. The predicted molar refractivity (Wildman–Crippen MR) is 127 cm³/mol. The average Bonchev–Trinajstić information content (AvgIpc) is 2.89. The Hall–Kier alpha value is -3.54. The van der Waals surface area contributed by atoms with Gasteiger partial charge in [0.2, 0.25) is 6.20 Å². The number of carbonyl (C=O) groups excluding carboxylic acids is 3. The van der Waals surface area contributed by atoms with Gasteiger partial charge in [-0.1, -0.05) is 65.3 Å². The van der Waals surface area contributed by atoms with Gasteiger partial charge in [0.25, 0.3) is 5.91 Å². The highest BCUT2D eigenvalue weighted by Crippen LogP contribution is 2.08. The number of nitrogens with two attached hydrogens (primary N) is 1. The van der Waals surface area contributed by atoms with Crippen molar-refractivity contribution in [3.05, 3.63) is 95.8 Å². The van der Waals surface area contributed by atoms with E-state index in [0.717, 1.165) is 11.1 Å². The first-order valence-corrected chi connectivity index (χ1v) is 11.3. The third-order valence-corrected chi connectivity index (χ3v) is 5.18. The van der Waals surface area contributed by atoms with Gasteiger partial charge in [0.15, 0.2) is 6.54 Å². The molecule has 36 heavy (non-hydrogen) atoms. The molecule has 0 saturated carbocycles. The van der Waals surface area contributed by atoms with Crippen LogP contribution in [0, 0.1) is 0 Å². The quantitative estimate of drug-likeness (QED) is 0.127. The molecule has 0 aliphatic rings. The third-order valence-electron chi connectivity index (χ3n) is 5.18. The number of nitrogens with one attached hydrogen (secondary N) is 1. The standard InChI is InChI=1S/C26H28N4O5.HI/c27-24(31)22-14-15-28-30(17-22)16-8-7-13-23(25(32)34-18-20-9-3-1-4-10-20)29-26(33)35-19-21-11-5-2-6-12-21;/h1-6,9-12,14-15,17,23H,7-8,13,16,18-19H2,(H2-,27,29,31,33);1H/t23-;/m0./s1. The minimum absolute atomic E-state index is 0. The molecule has 3 aromatic rings. The normalized spacial score (nSPS) is 11.0. The zero-order valence-corrected chi connectivity index (χ0v) is 21.9. The summed E-state index contributed by atoms with van der Waals surface area (Å²) in [7, 11) is 0. The number of esters is 1. The molecule has 9 nitrogen and oxygen atoms in total. The summed E-state index contributed by atoms with van der Waals surface area (Å²) in [4.78, 5) is 36.4. The molecule has 0 spiro atoms. The van der Waals surface area contributed by atoms with Gasteiger partial charge >= 0.3 is 12.1 Å². The van der Waals surface area contributed by atoms with Crippen LogP contribution in [0.4, 0.5) is 4.79 Å². The highest BCUT2D eigenvalue weighted by Gasteiger charge is 2.23. The topological polar surface area (TPSA) is 124 Å². The molecule has 0 bridgehead atoms. The Kier molecular flexibility index (Phi) is 12.3.